The first-order valence-electron chi connectivity index (χ1n) is 12.2. The fraction of sp³-hybridized carbons (Fsp3) is 0.345. The molecule has 2 aliphatic rings. The molecule has 1 amide bonds. The second kappa shape index (κ2) is 10.1. The van der Waals surface area contributed by atoms with Crippen molar-refractivity contribution in [2.75, 3.05) is 27.3 Å². The summed E-state index contributed by atoms with van der Waals surface area (Å²) in [5, 5.41) is 3.26. The van der Waals surface area contributed by atoms with Gasteiger partial charge >= 0.3 is 0 Å². The molecule has 0 saturated heterocycles. The standard InChI is InChI=1S/C29H31FN2O3/c1-34-27-16-21-13-14-32(18-29(33)31-25-12-9-20-5-3-4-6-23(20)25)26(24(21)17-28(27)35-2)15-19-7-10-22(30)11-8-19/h3-8,10-11,16-17,25-26H,9,12-15,18H2,1-2H3,(H,31,33). The Morgan fingerprint density at radius 1 is 0.971 bits per heavy atom. The number of nitrogens with one attached hydrogen (secondary N) is 1. The van der Waals surface area contributed by atoms with Crippen LogP contribution < -0.4 is 14.8 Å². The number of carbonyl (C=O) groups excluding carboxylic acids is 1. The monoisotopic (exact) mass is 474 g/mol. The van der Waals surface area contributed by atoms with Gasteiger partial charge in [0.05, 0.1) is 26.8 Å². The molecule has 3 aromatic carbocycles. The summed E-state index contributed by atoms with van der Waals surface area (Å²) >= 11 is 0. The van der Waals surface area contributed by atoms with E-state index in [1.807, 2.05) is 30.3 Å². The molecule has 0 aromatic heterocycles. The molecular weight excluding hydrogens is 443 g/mol. The first kappa shape index (κ1) is 23.4. The van der Waals surface area contributed by atoms with Crippen LogP contribution in [0.1, 0.15) is 46.3 Å². The maximum atomic E-state index is 13.5. The van der Waals surface area contributed by atoms with E-state index in [4.69, 9.17) is 9.47 Å². The molecule has 182 valence electrons. The lowest BCUT2D eigenvalue weighted by Gasteiger charge is -2.37. The lowest BCUT2D eigenvalue weighted by molar-refractivity contribution is -0.123. The topological polar surface area (TPSA) is 50.8 Å². The molecule has 1 aliphatic heterocycles. The molecule has 6 heteroatoms. The fourth-order valence-corrected chi connectivity index (χ4v) is 5.48. The van der Waals surface area contributed by atoms with Crippen LogP contribution in [0.15, 0.2) is 60.7 Å². The van der Waals surface area contributed by atoms with Crippen molar-refractivity contribution < 1.29 is 18.7 Å². The first-order valence-corrected chi connectivity index (χ1v) is 12.2. The fourth-order valence-electron chi connectivity index (χ4n) is 5.48. The first-order chi connectivity index (χ1) is 17.1. The zero-order chi connectivity index (χ0) is 24.4. The van der Waals surface area contributed by atoms with E-state index in [1.165, 1.54) is 28.8 Å². The third-order valence-electron chi connectivity index (χ3n) is 7.27. The van der Waals surface area contributed by atoms with Gasteiger partial charge in [0.1, 0.15) is 5.82 Å². The van der Waals surface area contributed by atoms with Gasteiger partial charge in [0.2, 0.25) is 5.91 Å². The molecule has 5 nitrogen and oxygen atoms in total. The highest BCUT2D eigenvalue weighted by atomic mass is 19.1. The summed E-state index contributed by atoms with van der Waals surface area (Å²) in [6.45, 7) is 1.06. The third kappa shape index (κ3) is 4.89. The van der Waals surface area contributed by atoms with Gasteiger partial charge in [0.15, 0.2) is 11.5 Å². The second-order valence-electron chi connectivity index (χ2n) is 9.33. The minimum Gasteiger partial charge on any atom is -0.493 e. The predicted octanol–water partition coefficient (Wildman–Crippen LogP) is 4.79. The Hall–Kier alpha value is -3.38. The van der Waals surface area contributed by atoms with Crippen molar-refractivity contribution in [3.05, 3.63) is 94.3 Å². The Balaban J connectivity index is 1.39. The number of nitrogens with zero attached hydrogens (tertiary/aromatic N) is 1. The van der Waals surface area contributed by atoms with Crippen molar-refractivity contribution in [1.29, 1.82) is 0 Å². The van der Waals surface area contributed by atoms with E-state index in [9.17, 15) is 9.18 Å². The number of fused-ring (bicyclic) bond motifs is 2. The highest BCUT2D eigenvalue weighted by molar-refractivity contribution is 5.79. The van der Waals surface area contributed by atoms with Gasteiger partial charge in [0.25, 0.3) is 0 Å². The summed E-state index contributed by atoms with van der Waals surface area (Å²) < 4.78 is 24.6. The van der Waals surface area contributed by atoms with Gasteiger partial charge in [-0.3, -0.25) is 9.69 Å². The molecule has 1 aliphatic carbocycles. The van der Waals surface area contributed by atoms with Gasteiger partial charge in [-0.1, -0.05) is 36.4 Å². The van der Waals surface area contributed by atoms with E-state index in [1.54, 1.807) is 14.2 Å². The van der Waals surface area contributed by atoms with Gasteiger partial charge in [-0.05, 0) is 77.8 Å². The number of aryl methyl sites for hydroxylation is 1. The molecular formula is C29H31FN2O3. The molecule has 0 spiro atoms. The molecule has 35 heavy (non-hydrogen) atoms. The number of hydrogen-bond acceptors (Lipinski definition) is 4. The molecule has 0 fully saturated rings. The number of amides is 1. The largest absolute Gasteiger partial charge is 0.493 e. The van der Waals surface area contributed by atoms with Crippen LogP contribution in [-0.4, -0.2) is 38.1 Å². The van der Waals surface area contributed by atoms with Crippen molar-refractivity contribution in [3.63, 3.8) is 0 Å². The van der Waals surface area contributed by atoms with E-state index >= 15 is 0 Å². The van der Waals surface area contributed by atoms with Crippen molar-refractivity contribution in [3.8, 4) is 11.5 Å². The SMILES string of the molecule is COc1cc2c(cc1OC)C(Cc1ccc(F)cc1)N(CC(=O)NC1CCc3ccccc31)CC2. The van der Waals surface area contributed by atoms with Crippen LogP contribution in [0.5, 0.6) is 11.5 Å². The van der Waals surface area contributed by atoms with Crippen molar-refractivity contribution in [2.45, 2.75) is 37.8 Å². The van der Waals surface area contributed by atoms with Crippen LogP contribution >= 0.6 is 0 Å². The molecule has 0 saturated carbocycles. The molecule has 1 N–H and O–H groups in total. The van der Waals surface area contributed by atoms with E-state index in [2.05, 4.69) is 28.4 Å². The average molecular weight is 475 g/mol. The highest BCUT2D eigenvalue weighted by Gasteiger charge is 2.31. The van der Waals surface area contributed by atoms with Gasteiger partial charge in [-0.2, -0.15) is 0 Å². The minimum atomic E-state index is -0.253. The zero-order valence-electron chi connectivity index (χ0n) is 20.2. The number of methoxy groups -OCH3 is 2. The van der Waals surface area contributed by atoms with Gasteiger partial charge in [-0.15, -0.1) is 0 Å². The molecule has 2 atom stereocenters. The van der Waals surface area contributed by atoms with Crippen LogP contribution in [0.2, 0.25) is 0 Å². The van der Waals surface area contributed by atoms with Gasteiger partial charge in [0, 0.05) is 12.6 Å². The zero-order valence-corrected chi connectivity index (χ0v) is 20.2. The Bertz CT molecular complexity index is 1210. The summed E-state index contributed by atoms with van der Waals surface area (Å²) in [7, 11) is 3.27. The van der Waals surface area contributed by atoms with Crippen molar-refractivity contribution in [2.24, 2.45) is 0 Å². The highest BCUT2D eigenvalue weighted by Crippen LogP contribution is 2.39. The number of hydrogen-bond donors (Lipinski definition) is 1. The van der Waals surface area contributed by atoms with Crippen LogP contribution in [0.25, 0.3) is 0 Å². The number of benzene rings is 3. The minimum absolute atomic E-state index is 0.0275. The Morgan fingerprint density at radius 3 is 2.49 bits per heavy atom. The molecule has 2 unspecified atom stereocenters. The number of carbonyl (C=O) groups is 1. The van der Waals surface area contributed by atoms with Crippen LogP contribution in [0, 0.1) is 5.82 Å². The van der Waals surface area contributed by atoms with Crippen LogP contribution in [0.3, 0.4) is 0 Å². The smallest absolute Gasteiger partial charge is 0.234 e. The summed E-state index contributed by atoms with van der Waals surface area (Å²) in [4.78, 5) is 15.4. The maximum Gasteiger partial charge on any atom is 0.234 e. The lowest BCUT2D eigenvalue weighted by atomic mass is 9.88. The van der Waals surface area contributed by atoms with Crippen LogP contribution in [0.4, 0.5) is 4.39 Å². The van der Waals surface area contributed by atoms with Crippen molar-refractivity contribution in [1.82, 2.24) is 10.2 Å². The summed E-state index contributed by atoms with van der Waals surface area (Å²) in [6.07, 6.45) is 3.41. The summed E-state index contributed by atoms with van der Waals surface area (Å²) in [5.74, 6) is 1.15. The van der Waals surface area contributed by atoms with E-state index in [0.717, 1.165) is 36.9 Å². The third-order valence-corrected chi connectivity index (χ3v) is 7.27. The second-order valence-corrected chi connectivity index (χ2v) is 9.33. The van der Waals surface area contributed by atoms with Crippen LogP contribution in [-0.2, 0) is 24.1 Å². The van der Waals surface area contributed by atoms with Crippen molar-refractivity contribution >= 4 is 5.91 Å². The van der Waals surface area contributed by atoms with E-state index in [-0.39, 0.29) is 23.8 Å². The van der Waals surface area contributed by atoms with E-state index < -0.39 is 0 Å². The quantitative estimate of drug-likeness (QED) is 0.535. The normalized spacial score (nSPS) is 19.1. The molecule has 0 bridgehead atoms. The molecule has 3 aromatic rings. The number of rotatable bonds is 7. The Labute approximate surface area is 205 Å². The lowest BCUT2D eigenvalue weighted by Crippen LogP contribution is -2.44. The predicted molar refractivity (Wildman–Crippen MR) is 133 cm³/mol. The molecule has 5 rings (SSSR count). The maximum absolute atomic E-state index is 13.5. The molecule has 1 heterocycles. The summed E-state index contributed by atoms with van der Waals surface area (Å²) in [5.41, 5.74) is 5.88. The summed E-state index contributed by atoms with van der Waals surface area (Å²) in [6, 6.07) is 19.0. The average Bonchev–Trinajstić information content (AvgIpc) is 3.28. The number of ether oxygens (including phenoxy) is 2. The van der Waals surface area contributed by atoms with E-state index in [0.29, 0.717) is 24.5 Å². The Kier molecular flexibility index (Phi) is 6.73. The van der Waals surface area contributed by atoms with Gasteiger partial charge in [-0.25, -0.2) is 4.39 Å². The Morgan fingerprint density at radius 2 is 1.71 bits per heavy atom. The molecule has 0 radical (unpaired) electrons. The van der Waals surface area contributed by atoms with Gasteiger partial charge < -0.3 is 14.8 Å². The number of halogens is 1.